The van der Waals surface area contributed by atoms with Crippen molar-refractivity contribution in [2.24, 2.45) is 0 Å². The van der Waals surface area contributed by atoms with Crippen LogP contribution >= 0.6 is 0 Å². The largest absolute Gasteiger partial charge is 0.508 e. The van der Waals surface area contributed by atoms with E-state index in [1.165, 1.54) is 24.3 Å². The van der Waals surface area contributed by atoms with Gasteiger partial charge in [-0.15, -0.1) is 0 Å². The van der Waals surface area contributed by atoms with E-state index in [9.17, 15) is 19.4 Å². The van der Waals surface area contributed by atoms with Gasteiger partial charge in [-0.05, 0) is 30.2 Å². The van der Waals surface area contributed by atoms with Crippen LogP contribution in [0.5, 0.6) is 17.2 Å². The lowest BCUT2D eigenvalue weighted by molar-refractivity contribution is 0.0916. The molecule has 2 rings (SSSR count). The summed E-state index contributed by atoms with van der Waals surface area (Å²) in [5.41, 5.74) is 0.632. The van der Waals surface area contributed by atoms with Crippen molar-refractivity contribution in [3.8, 4) is 17.2 Å². The summed E-state index contributed by atoms with van der Waals surface area (Å²) in [6, 6.07) is 8.36. The number of Topliss-reactive ketones (excluding diaryl/α,β-unsaturated/α-hetero) is 1. The van der Waals surface area contributed by atoms with Crippen LogP contribution in [-0.4, -0.2) is 22.6 Å². The predicted molar refractivity (Wildman–Crippen MR) is 80.0 cm³/mol. The molecule has 5 heteroatoms. The molecule has 0 saturated heterocycles. The molecule has 22 heavy (non-hydrogen) atoms. The molecule has 0 aromatic heterocycles. The average Bonchev–Trinajstić information content (AvgIpc) is 2.49. The van der Waals surface area contributed by atoms with Gasteiger partial charge < -0.3 is 14.9 Å². The molecule has 2 N–H and O–H groups in total. The van der Waals surface area contributed by atoms with Crippen molar-refractivity contribution in [1.29, 1.82) is 0 Å². The van der Waals surface area contributed by atoms with Crippen LogP contribution in [0.1, 0.15) is 29.3 Å². The Morgan fingerprint density at radius 3 is 2.59 bits per heavy atom. The fourth-order valence-electron chi connectivity index (χ4n) is 2.10. The molecule has 0 aliphatic carbocycles. The zero-order valence-corrected chi connectivity index (χ0v) is 12.2. The summed E-state index contributed by atoms with van der Waals surface area (Å²) in [7, 11) is 0. The van der Waals surface area contributed by atoms with Crippen molar-refractivity contribution in [2.45, 2.75) is 19.8 Å². The highest BCUT2D eigenvalue weighted by Crippen LogP contribution is 2.29. The number of ketones is 1. The van der Waals surface area contributed by atoms with E-state index in [0.29, 0.717) is 12.0 Å². The van der Waals surface area contributed by atoms with Crippen molar-refractivity contribution in [1.82, 2.24) is 0 Å². The van der Waals surface area contributed by atoms with Crippen molar-refractivity contribution in [3.05, 3.63) is 53.3 Å². The maximum Gasteiger partial charge on any atom is 0.203 e. The first-order chi connectivity index (χ1) is 10.5. The van der Waals surface area contributed by atoms with Crippen LogP contribution in [0.25, 0.3) is 0 Å². The van der Waals surface area contributed by atoms with Crippen LogP contribution in [0.3, 0.4) is 0 Å². The lowest BCUT2D eigenvalue weighted by Crippen LogP contribution is -2.13. The molecular weight excluding hydrogens is 287 g/mol. The number of phenolic OH excluding ortho intramolecular Hbond substituents is 2. The number of hydrogen-bond acceptors (Lipinski definition) is 4. The van der Waals surface area contributed by atoms with Gasteiger partial charge in [0, 0.05) is 6.07 Å². The molecule has 0 spiro atoms. The van der Waals surface area contributed by atoms with Crippen LogP contribution in [0, 0.1) is 5.82 Å². The van der Waals surface area contributed by atoms with E-state index in [0.717, 1.165) is 12.5 Å². The van der Waals surface area contributed by atoms with Gasteiger partial charge in [-0.1, -0.05) is 25.5 Å². The molecule has 0 unspecified atom stereocenters. The van der Waals surface area contributed by atoms with Crippen LogP contribution in [-0.2, 0) is 6.42 Å². The molecular formula is C17H17FO4. The number of hydrogen-bond donors (Lipinski definition) is 2. The summed E-state index contributed by atoms with van der Waals surface area (Å²) in [5.74, 6) is -1.44. The van der Waals surface area contributed by atoms with Gasteiger partial charge in [-0.25, -0.2) is 4.39 Å². The number of halogens is 1. The minimum Gasteiger partial charge on any atom is -0.508 e. The Morgan fingerprint density at radius 1 is 1.18 bits per heavy atom. The Labute approximate surface area is 127 Å². The molecule has 0 amide bonds. The number of phenols is 2. The number of rotatable bonds is 6. The first-order valence-corrected chi connectivity index (χ1v) is 6.98. The quantitative estimate of drug-likeness (QED) is 0.802. The molecule has 4 nitrogen and oxygen atoms in total. The van der Waals surface area contributed by atoms with Crippen molar-refractivity contribution >= 4 is 5.78 Å². The van der Waals surface area contributed by atoms with E-state index in [4.69, 9.17) is 4.74 Å². The maximum absolute atomic E-state index is 13.4. The van der Waals surface area contributed by atoms with Crippen molar-refractivity contribution in [2.75, 3.05) is 6.61 Å². The monoisotopic (exact) mass is 304 g/mol. The normalized spacial score (nSPS) is 10.5. The molecule has 116 valence electrons. The number of carbonyl (C=O) groups is 1. The Bertz CT molecular complexity index is 682. The minimum absolute atomic E-state index is 0.0251. The van der Waals surface area contributed by atoms with Crippen LogP contribution in [0.2, 0.25) is 0 Å². The number of aryl methyl sites for hydroxylation is 1. The Kier molecular flexibility index (Phi) is 4.99. The van der Waals surface area contributed by atoms with Gasteiger partial charge >= 0.3 is 0 Å². The van der Waals surface area contributed by atoms with Crippen LogP contribution in [0.4, 0.5) is 4.39 Å². The van der Waals surface area contributed by atoms with Gasteiger partial charge in [0.2, 0.25) is 5.78 Å². The number of benzene rings is 2. The summed E-state index contributed by atoms with van der Waals surface area (Å²) in [6.45, 7) is 1.54. The number of ether oxygens (including phenoxy) is 1. The van der Waals surface area contributed by atoms with E-state index < -0.39 is 18.2 Å². The molecule has 0 saturated carbocycles. The van der Waals surface area contributed by atoms with Crippen LogP contribution < -0.4 is 4.74 Å². The number of para-hydroxylation sites is 1. The zero-order valence-electron chi connectivity index (χ0n) is 12.2. The van der Waals surface area contributed by atoms with E-state index in [2.05, 4.69) is 0 Å². The number of carbonyl (C=O) groups excluding carboxylic acids is 1. The maximum atomic E-state index is 13.4. The van der Waals surface area contributed by atoms with Gasteiger partial charge in [0.05, 0.1) is 5.56 Å². The topological polar surface area (TPSA) is 66.8 Å². The average molecular weight is 304 g/mol. The molecule has 0 atom stereocenters. The fourth-order valence-corrected chi connectivity index (χ4v) is 2.10. The predicted octanol–water partition coefficient (Wildman–Crippen LogP) is 3.45. The molecule has 2 aromatic rings. The van der Waals surface area contributed by atoms with Gasteiger partial charge in [-0.3, -0.25) is 4.79 Å². The molecule has 2 aromatic carbocycles. The van der Waals surface area contributed by atoms with Gasteiger partial charge in [0.15, 0.2) is 18.2 Å². The minimum atomic E-state index is -0.558. The summed E-state index contributed by atoms with van der Waals surface area (Å²) >= 11 is 0. The highest BCUT2D eigenvalue weighted by molar-refractivity contribution is 6.00. The molecule has 0 fully saturated rings. The lowest BCUT2D eigenvalue weighted by atomic mass is 10.0. The second-order valence-electron chi connectivity index (χ2n) is 4.89. The van der Waals surface area contributed by atoms with E-state index in [1.807, 2.05) is 6.92 Å². The third kappa shape index (κ3) is 3.55. The summed E-state index contributed by atoms with van der Waals surface area (Å²) in [4.78, 5) is 12.1. The van der Waals surface area contributed by atoms with E-state index in [1.54, 1.807) is 6.07 Å². The summed E-state index contributed by atoms with van der Waals surface area (Å²) in [5, 5.41) is 19.5. The zero-order chi connectivity index (χ0) is 16.1. The molecule has 0 aliphatic rings. The first-order valence-electron chi connectivity index (χ1n) is 6.98. The third-order valence-corrected chi connectivity index (χ3v) is 3.21. The van der Waals surface area contributed by atoms with Crippen molar-refractivity contribution in [3.63, 3.8) is 0 Å². The molecule has 0 bridgehead atoms. The SMILES string of the molecule is CCCc1cc(C(=O)COc2ccccc2F)c(O)cc1O. The second kappa shape index (κ2) is 6.93. The fraction of sp³-hybridized carbons (Fsp3) is 0.235. The van der Waals surface area contributed by atoms with E-state index >= 15 is 0 Å². The highest BCUT2D eigenvalue weighted by atomic mass is 19.1. The smallest absolute Gasteiger partial charge is 0.203 e. The Hall–Kier alpha value is -2.56. The summed E-state index contributed by atoms with van der Waals surface area (Å²) < 4.78 is 18.6. The lowest BCUT2D eigenvalue weighted by Gasteiger charge is -2.10. The van der Waals surface area contributed by atoms with E-state index in [-0.39, 0.29) is 22.8 Å². The van der Waals surface area contributed by atoms with Gasteiger partial charge in [0.25, 0.3) is 0 Å². The number of aromatic hydroxyl groups is 2. The highest BCUT2D eigenvalue weighted by Gasteiger charge is 2.16. The first kappa shape index (κ1) is 15.8. The van der Waals surface area contributed by atoms with Crippen molar-refractivity contribution < 1.29 is 24.1 Å². The summed E-state index contributed by atoms with van der Waals surface area (Å²) in [6.07, 6.45) is 1.37. The molecule has 0 aliphatic heterocycles. The van der Waals surface area contributed by atoms with Gasteiger partial charge in [-0.2, -0.15) is 0 Å². The second-order valence-corrected chi connectivity index (χ2v) is 4.89. The standard InChI is InChI=1S/C17H17FO4/c1-2-5-11-8-12(15(20)9-14(11)19)16(21)10-22-17-7-4-3-6-13(17)18/h3-4,6-9,19-20H,2,5,10H2,1H3. The molecule has 0 radical (unpaired) electrons. The Morgan fingerprint density at radius 2 is 1.91 bits per heavy atom. The third-order valence-electron chi connectivity index (χ3n) is 3.21. The van der Waals surface area contributed by atoms with Crippen LogP contribution in [0.15, 0.2) is 36.4 Å². The Balaban J connectivity index is 2.15. The molecule has 0 heterocycles. The van der Waals surface area contributed by atoms with Gasteiger partial charge in [0.1, 0.15) is 11.5 Å².